The summed E-state index contributed by atoms with van der Waals surface area (Å²) < 4.78 is 28.2. The van der Waals surface area contributed by atoms with Crippen molar-refractivity contribution in [2.24, 2.45) is 4.99 Å². The van der Waals surface area contributed by atoms with Crippen molar-refractivity contribution >= 4 is 35.0 Å². The molecule has 6 aromatic rings. The van der Waals surface area contributed by atoms with Crippen LogP contribution in [0.2, 0.25) is 0 Å². The quantitative estimate of drug-likeness (QED) is 0.203. The van der Waals surface area contributed by atoms with Gasteiger partial charge in [-0.2, -0.15) is 8.78 Å². The highest BCUT2D eigenvalue weighted by Crippen LogP contribution is 2.36. The number of hydrogen-bond donors (Lipinski definition) is 2. The Balaban J connectivity index is 0.000000150. The van der Waals surface area contributed by atoms with Crippen LogP contribution >= 0.6 is 0 Å². The average Bonchev–Trinajstić information content (AvgIpc) is 3.97. The summed E-state index contributed by atoms with van der Waals surface area (Å²) in [5.41, 5.74) is 10.1. The molecule has 10 rings (SSSR count). The number of hydrogen-bond acceptors (Lipinski definition) is 10. The smallest absolute Gasteiger partial charge is 0.248 e. The lowest BCUT2D eigenvalue weighted by molar-refractivity contribution is -0.128. The zero-order valence-corrected chi connectivity index (χ0v) is 35.1. The van der Waals surface area contributed by atoms with Crippen molar-refractivity contribution in [1.29, 1.82) is 0 Å². The minimum Gasteiger partial charge on any atom is -0.348 e. The monoisotopic (exact) mass is 850 g/mol. The van der Waals surface area contributed by atoms with Crippen LogP contribution in [0.4, 0.5) is 8.78 Å². The summed E-state index contributed by atoms with van der Waals surface area (Å²) in [4.78, 5) is 72.5. The molecule has 2 N–H and O–H groups in total. The Kier molecular flexibility index (Phi) is 12.2. The van der Waals surface area contributed by atoms with Gasteiger partial charge in [-0.05, 0) is 83.3 Å². The minimum atomic E-state index is -0.540. The summed E-state index contributed by atoms with van der Waals surface area (Å²) in [6, 6.07) is 9.76. The molecule has 0 saturated heterocycles. The molecule has 320 valence electrons. The van der Waals surface area contributed by atoms with Gasteiger partial charge in [0.15, 0.2) is 0 Å². The van der Waals surface area contributed by atoms with Gasteiger partial charge < -0.3 is 20.1 Å². The molecule has 10 heterocycles. The Hall–Kier alpha value is -7.56. The zero-order valence-electron chi connectivity index (χ0n) is 35.1. The lowest BCUT2D eigenvalue weighted by atomic mass is 9.93. The van der Waals surface area contributed by atoms with Gasteiger partial charge in [0.1, 0.15) is 18.7 Å². The maximum atomic E-state index is 13.3. The molecule has 4 aliphatic rings. The van der Waals surface area contributed by atoms with E-state index in [1.807, 2.05) is 35.2 Å². The minimum absolute atomic E-state index is 0.0181. The molecular weight excluding hydrogens is 807 g/mol. The van der Waals surface area contributed by atoms with Crippen molar-refractivity contribution in [3.8, 4) is 22.3 Å². The van der Waals surface area contributed by atoms with Gasteiger partial charge in [0.05, 0.1) is 41.3 Å². The molecular formula is C46H44F2N12O3. The summed E-state index contributed by atoms with van der Waals surface area (Å²) >= 11 is 0. The van der Waals surface area contributed by atoms with Crippen molar-refractivity contribution in [3.63, 3.8) is 0 Å². The highest BCUT2D eigenvalue weighted by atomic mass is 19.1. The van der Waals surface area contributed by atoms with Crippen LogP contribution in [0.15, 0.2) is 103 Å². The third-order valence-corrected chi connectivity index (χ3v) is 11.0. The van der Waals surface area contributed by atoms with Crippen LogP contribution in [0, 0.1) is 11.9 Å². The van der Waals surface area contributed by atoms with Crippen molar-refractivity contribution in [2.75, 3.05) is 26.2 Å². The number of nitrogens with one attached hydrogen (secondary N) is 2. The number of rotatable bonds is 4. The largest absolute Gasteiger partial charge is 0.348 e. The first-order valence-corrected chi connectivity index (χ1v) is 20.5. The number of amides is 3. The molecule has 0 fully saturated rings. The topological polar surface area (TPSA) is 180 Å². The van der Waals surface area contributed by atoms with E-state index in [1.54, 1.807) is 47.0 Å². The number of imidazole rings is 2. The fourth-order valence-corrected chi connectivity index (χ4v) is 7.63. The van der Waals surface area contributed by atoms with Gasteiger partial charge in [0.25, 0.3) is 0 Å². The third kappa shape index (κ3) is 9.07. The lowest BCUT2D eigenvalue weighted by Gasteiger charge is -2.31. The Morgan fingerprint density at radius 2 is 1.29 bits per heavy atom. The summed E-state index contributed by atoms with van der Waals surface area (Å²) in [5, 5.41) is 2.55. The van der Waals surface area contributed by atoms with Gasteiger partial charge in [0.2, 0.25) is 29.6 Å². The summed E-state index contributed by atoms with van der Waals surface area (Å²) in [6.07, 6.45) is 18.1. The van der Waals surface area contributed by atoms with E-state index < -0.39 is 11.9 Å². The van der Waals surface area contributed by atoms with Crippen molar-refractivity contribution in [1.82, 2.24) is 54.6 Å². The Labute approximate surface area is 361 Å². The van der Waals surface area contributed by atoms with Crippen LogP contribution < -0.4 is 5.32 Å². The standard InChI is InChI=1S/C23H21FN6O.C17H13FN4O2.C6H10N2/c1-14(2)18-12-29(13-28-18)21-9-19-23-17(6-8-30(19)22(31)11-27-21)16(5-7-25-23)15-3-4-20(24)26-10-15;18-14-2-1-10(8-20-14)11-3-5-19-17-12(11)4-6-22-13(17)7-15(23)21-9-16(22)24;1-5(2)6-3-7-4-8-6/h3-5,7,9-10,12-14H,6,8,11H2,1-2H3;1-3,5,7-8H,4,6,9H2,(H,21,23);3-5H,1-2H3,(H,7,8). The molecule has 0 bridgehead atoms. The number of halogens is 2. The second-order valence-corrected chi connectivity index (χ2v) is 15.7. The molecule has 0 radical (unpaired) electrons. The molecule has 0 unspecified atom stereocenters. The van der Waals surface area contributed by atoms with Crippen LogP contribution in [0.3, 0.4) is 0 Å². The maximum Gasteiger partial charge on any atom is 0.248 e. The Morgan fingerprint density at radius 1 is 0.683 bits per heavy atom. The van der Waals surface area contributed by atoms with E-state index >= 15 is 0 Å². The Morgan fingerprint density at radius 3 is 1.79 bits per heavy atom. The highest BCUT2D eigenvalue weighted by molar-refractivity contribution is 6.06. The van der Waals surface area contributed by atoms with E-state index in [2.05, 4.69) is 72.9 Å². The van der Waals surface area contributed by atoms with E-state index in [0.717, 1.165) is 50.5 Å². The van der Waals surface area contributed by atoms with E-state index in [9.17, 15) is 23.2 Å². The van der Waals surface area contributed by atoms with E-state index in [0.29, 0.717) is 55.0 Å². The van der Waals surface area contributed by atoms with E-state index in [4.69, 9.17) is 0 Å². The third-order valence-electron chi connectivity index (χ3n) is 11.0. The van der Waals surface area contributed by atoms with Gasteiger partial charge in [0, 0.05) is 79.2 Å². The number of aromatic nitrogens is 8. The van der Waals surface area contributed by atoms with Crippen molar-refractivity contribution in [2.45, 2.75) is 52.4 Å². The van der Waals surface area contributed by atoms with Crippen molar-refractivity contribution in [3.05, 3.63) is 144 Å². The molecule has 4 aliphatic heterocycles. The first-order chi connectivity index (χ1) is 30.4. The molecule has 0 aliphatic carbocycles. The zero-order chi connectivity index (χ0) is 44.2. The summed E-state index contributed by atoms with van der Waals surface area (Å²) in [5.74, 6) is -0.0865. The van der Waals surface area contributed by atoms with Gasteiger partial charge in [-0.15, -0.1) is 0 Å². The first kappa shape index (κ1) is 42.1. The predicted molar refractivity (Wildman–Crippen MR) is 231 cm³/mol. The van der Waals surface area contributed by atoms with Crippen LogP contribution in [0.1, 0.15) is 73.4 Å². The van der Waals surface area contributed by atoms with Gasteiger partial charge in [-0.25, -0.2) is 19.9 Å². The van der Waals surface area contributed by atoms with Gasteiger partial charge in [-0.3, -0.25) is 33.9 Å². The Bertz CT molecular complexity index is 2760. The number of aliphatic imine (C=N–C) groups is 1. The number of carbonyl (C=O) groups excluding carboxylic acids is 3. The van der Waals surface area contributed by atoms with E-state index in [-0.39, 0.29) is 30.8 Å². The SMILES string of the molecule is CC(C)c1cn(C2=NCC(=O)N3CCc4c(-c5ccc(F)nc5)ccnc4C3=C2)cn1.CC(C)c1cnc[nH]1.O=C1C=C2c3nccc(-c4ccc(F)nc4)c3CCN2C(=O)CN1. The number of fused-ring (bicyclic) bond motifs is 6. The molecule has 0 aromatic carbocycles. The number of H-pyrrole nitrogens is 1. The number of allylic oxidation sites excluding steroid dienone is 1. The maximum absolute atomic E-state index is 13.3. The number of aromatic amines is 1. The fourth-order valence-electron chi connectivity index (χ4n) is 7.63. The second-order valence-electron chi connectivity index (χ2n) is 15.7. The molecule has 0 atom stereocenters. The molecule has 0 spiro atoms. The number of nitrogens with zero attached hydrogens (tertiary/aromatic N) is 10. The van der Waals surface area contributed by atoms with Gasteiger partial charge in [-0.1, -0.05) is 27.7 Å². The van der Waals surface area contributed by atoms with E-state index in [1.165, 1.54) is 36.3 Å². The molecule has 0 saturated carbocycles. The summed E-state index contributed by atoms with van der Waals surface area (Å²) in [7, 11) is 0. The molecule has 63 heavy (non-hydrogen) atoms. The predicted octanol–water partition coefficient (Wildman–Crippen LogP) is 5.96. The number of pyridine rings is 4. The van der Waals surface area contributed by atoms with Crippen LogP contribution in [-0.2, 0) is 27.2 Å². The molecule has 6 aromatic heterocycles. The van der Waals surface area contributed by atoms with Crippen LogP contribution in [0.5, 0.6) is 0 Å². The summed E-state index contributed by atoms with van der Waals surface area (Å²) in [6.45, 7) is 9.49. The second kappa shape index (κ2) is 18.2. The molecule has 3 amide bonds. The number of carbonyl (C=O) groups is 3. The first-order valence-electron chi connectivity index (χ1n) is 20.5. The fraction of sp³-hybridized carbons (Fsp3) is 0.261. The molecule has 15 nitrogen and oxygen atoms in total. The van der Waals surface area contributed by atoms with Crippen LogP contribution in [-0.4, -0.2) is 99.0 Å². The highest BCUT2D eigenvalue weighted by Gasteiger charge is 2.32. The van der Waals surface area contributed by atoms with Gasteiger partial charge >= 0.3 is 0 Å². The average molecular weight is 851 g/mol. The van der Waals surface area contributed by atoms with Crippen molar-refractivity contribution < 1.29 is 23.2 Å². The van der Waals surface area contributed by atoms with Crippen LogP contribution in [0.25, 0.3) is 33.6 Å². The lowest BCUT2D eigenvalue weighted by Crippen LogP contribution is -2.38. The molecule has 17 heteroatoms. The normalized spacial score (nSPS) is 15.5.